The van der Waals surface area contributed by atoms with Crippen molar-refractivity contribution in [1.29, 1.82) is 0 Å². The number of ether oxygens (including phenoxy) is 1. The van der Waals surface area contributed by atoms with Crippen LogP contribution in [0.5, 0.6) is 11.5 Å². The van der Waals surface area contributed by atoms with Crippen molar-refractivity contribution >= 4 is 17.5 Å². The molecule has 3 fully saturated rings. The molecule has 0 aromatic heterocycles. The van der Waals surface area contributed by atoms with Crippen LogP contribution in [0.25, 0.3) is 0 Å². The second-order valence-electron chi connectivity index (χ2n) is 8.81. The molecule has 1 unspecified atom stereocenters. The number of piperazine rings is 1. The summed E-state index contributed by atoms with van der Waals surface area (Å²) in [6, 6.07) is 12.2. The molecule has 0 aliphatic carbocycles. The summed E-state index contributed by atoms with van der Waals surface area (Å²) in [4.78, 5) is 20.0. The molecule has 0 bridgehead atoms. The minimum atomic E-state index is -0.108. The fourth-order valence-corrected chi connectivity index (χ4v) is 5.36. The lowest BCUT2D eigenvalue weighted by atomic mass is 9.82. The molecule has 1 spiro atoms. The monoisotopic (exact) mass is 443 g/mol. The summed E-state index contributed by atoms with van der Waals surface area (Å²) in [5, 5.41) is 19.9. The minimum Gasteiger partial charge on any atom is -0.504 e. The first-order valence-corrected chi connectivity index (χ1v) is 10.9. The predicted molar refractivity (Wildman–Crippen MR) is 116 cm³/mol. The van der Waals surface area contributed by atoms with Crippen molar-refractivity contribution in [2.75, 3.05) is 45.9 Å². The van der Waals surface area contributed by atoms with Gasteiger partial charge in [-0.1, -0.05) is 17.7 Å². The van der Waals surface area contributed by atoms with Gasteiger partial charge in [-0.05, 0) is 42.0 Å². The number of likely N-dealkylation sites (tertiary alicyclic amines) is 1. The molecule has 3 heterocycles. The highest BCUT2D eigenvalue weighted by Gasteiger charge is 2.54. The number of hydrogen-bond donors (Lipinski definition) is 2. The number of carbonyl (C=O) groups excluding carboxylic acids is 1. The van der Waals surface area contributed by atoms with Crippen molar-refractivity contribution in [2.24, 2.45) is 0 Å². The van der Waals surface area contributed by atoms with E-state index in [2.05, 4.69) is 9.80 Å². The molecule has 31 heavy (non-hydrogen) atoms. The van der Waals surface area contributed by atoms with Crippen LogP contribution in [0.15, 0.2) is 42.5 Å². The van der Waals surface area contributed by atoms with Crippen molar-refractivity contribution < 1.29 is 19.7 Å². The molecule has 0 saturated carbocycles. The Balaban J connectivity index is 1.32. The number of benzene rings is 2. The number of hydrogen-bond acceptors (Lipinski definition) is 6. The summed E-state index contributed by atoms with van der Waals surface area (Å²) in [5.74, 6) is -0.176. The SMILES string of the molecule is O=C(c1ccc(Cl)cc1)N1CC2COCCN2C2(CN(Cc3ccc(O)c(O)c3)C2)C1. The van der Waals surface area contributed by atoms with E-state index in [9.17, 15) is 15.0 Å². The van der Waals surface area contributed by atoms with Crippen molar-refractivity contribution in [3.63, 3.8) is 0 Å². The van der Waals surface area contributed by atoms with Crippen molar-refractivity contribution in [2.45, 2.75) is 18.1 Å². The Bertz CT molecular complexity index is 977. The van der Waals surface area contributed by atoms with Crippen LogP contribution in [-0.2, 0) is 11.3 Å². The van der Waals surface area contributed by atoms with Gasteiger partial charge in [-0.2, -0.15) is 0 Å². The van der Waals surface area contributed by atoms with Crippen molar-refractivity contribution in [3.05, 3.63) is 58.6 Å². The maximum Gasteiger partial charge on any atom is 0.253 e. The number of phenols is 2. The first-order valence-electron chi connectivity index (χ1n) is 10.6. The van der Waals surface area contributed by atoms with E-state index >= 15 is 0 Å². The molecule has 1 amide bonds. The molecule has 2 aromatic carbocycles. The molecular formula is C23H26ClN3O4. The molecule has 8 heteroatoms. The Labute approximate surface area is 186 Å². The fraction of sp³-hybridized carbons (Fsp3) is 0.435. The van der Waals surface area contributed by atoms with Crippen LogP contribution in [0.4, 0.5) is 0 Å². The fourth-order valence-electron chi connectivity index (χ4n) is 5.23. The summed E-state index contributed by atoms with van der Waals surface area (Å²) < 4.78 is 5.74. The number of fused-ring (bicyclic) bond motifs is 2. The molecule has 3 aliphatic heterocycles. The van der Waals surface area contributed by atoms with Gasteiger partial charge < -0.3 is 19.8 Å². The van der Waals surface area contributed by atoms with E-state index in [0.717, 1.165) is 31.8 Å². The van der Waals surface area contributed by atoms with Crippen LogP contribution < -0.4 is 0 Å². The summed E-state index contributed by atoms with van der Waals surface area (Å²) in [7, 11) is 0. The average molecular weight is 444 g/mol. The highest BCUT2D eigenvalue weighted by molar-refractivity contribution is 6.30. The van der Waals surface area contributed by atoms with Gasteiger partial charge in [0, 0.05) is 49.9 Å². The van der Waals surface area contributed by atoms with Gasteiger partial charge in [-0.15, -0.1) is 0 Å². The number of carbonyl (C=O) groups is 1. The standard InChI is InChI=1S/C23H26ClN3O4/c24-18-4-2-17(3-5-18)22(30)26-11-19-12-31-8-7-27(19)23(15-26)13-25(14-23)10-16-1-6-20(28)21(29)9-16/h1-6,9,19,28-29H,7-8,10-15H2. The van der Waals surface area contributed by atoms with E-state index in [1.165, 1.54) is 6.07 Å². The van der Waals surface area contributed by atoms with E-state index in [0.29, 0.717) is 36.8 Å². The number of amides is 1. The third-order valence-electron chi connectivity index (χ3n) is 6.61. The zero-order valence-corrected chi connectivity index (χ0v) is 18.0. The van der Waals surface area contributed by atoms with Crippen LogP contribution >= 0.6 is 11.6 Å². The third-order valence-corrected chi connectivity index (χ3v) is 6.87. The van der Waals surface area contributed by atoms with E-state index in [1.807, 2.05) is 11.0 Å². The Kier molecular flexibility index (Phi) is 5.30. The van der Waals surface area contributed by atoms with Gasteiger partial charge in [-0.25, -0.2) is 0 Å². The molecule has 5 rings (SSSR count). The molecule has 0 radical (unpaired) electrons. The van der Waals surface area contributed by atoms with E-state index in [4.69, 9.17) is 16.3 Å². The minimum absolute atomic E-state index is 0.0307. The van der Waals surface area contributed by atoms with Gasteiger partial charge in [0.05, 0.1) is 24.8 Å². The normalized spacial score (nSPS) is 23.4. The van der Waals surface area contributed by atoms with Gasteiger partial charge in [0.1, 0.15) is 0 Å². The quantitative estimate of drug-likeness (QED) is 0.708. The number of aromatic hydroxyl groups is 2. The largest absolute Gasteiger partial charge is 0.504 e. The highest BCUT2D eigenvalue weighted by atomic mass is 35.5. The lowest BCUT2D eigenvalue weighted by molar-refractivity contribution is -0.160. The van der Waals surface area contributed by atoms with Gasteiger partial charge in [0.2, 0.25) is 0 Å². The molecule has 2 aromatic rings. The van der Waals surface area contributed by atoms with E-state index in [1.54, 1.807) is 30.3 Å². The van der Waals surface area contributed by atoms with Gasteiger partial charge in [0.25, 0.3) is 5.91 Å². The molecule has 7 nitrogen and oxygen atoms in total. The topological polar surface area (TPSA) is 76.5 Å². The second-order valence-corrected chi connectivity index (χ2v) is 9.24. The number of morpholine rings is 1. The molecule has 3 saturated heterocycles. The van der Waals surface area contributed by atoms with E-state index in [-0.39, 0.29) is 29.0 Å². The average Bonchev–Trinajstić information content (AvgIpc) is 2.75. The first kappa shape index (κ1) is 20.6. The molecule has 164 valence electrons. The van der Waals surface area contributed by atoms with Crippen molar-refractivity contribution in [3.8, 4) is 11.5 Å². The summed E-state index contributed by atoms with van der Waals surface area (Å²) >= 11 is 5.99. The lowest BCUT2D eigenvalue weighted by Gasteiger charge is -2.63. The van der Waals surface area contributed by atoms with Gasteiger partial charge in [-0.3, -0.25) is 14.6 Å². The van der Waals surface area contributed by atoms with Crippen LogP contribution in [0.2, 0.25) is 5.02 Å². The molecule has 2 N–H and O–H groups in total. The Morgan fingerprint density at radius 2 is 1.87 bits per heavy atom. The van der Waals surface area contributed by atoms with Crippen LogP contribution in [-0.4, -0.2) is 88.3 Å². The Morgan fingerprint density at radius 3 is 2.61 bits per heavy atom. The van der Waals surface area contributed by atoms with Crippen LogP contribution in [0.1, 0.15) is 15.9 Å². The number of phenolic OH excluding ortho intramolecular Hbond substituents is 2. The smallest absolute Gasteiger partial charge is 0.253 e. The Hall–Kier alpha value is -2.32. The molecule has 3 aliphatic rings. The van der Waals surface area contributed by atoms with Crippen molar-refractivity contribution in [1.82, 2.24) is 14.7 Å². The second kappa shape index (κ2) is 7.98. The van der Waals surface area contributed by atoms with E-state index < -0.39 is 0 Å². The Morgan fingerprint density at radius 1 is 1.10 bits per heavy atom. The summed E-state index contributed by atoms with van der Waals surface area (Å²) in [6.07, 6.45) is 0. The predicted octanol–water partition coefficient (Wildman–Crippen LogP) is 2.16. The van der Waals surface area contributed by atoms with Gasteiger partial charge >= 0.3 is 0 Å². The molecule has 1 atom stereocenters. The lowest BCUT2D eigenvalue weighted by Crippen LogP contribution is -2.80. The number of rotatable bonds is 3. The van der Waals surface area contributed by atoms with Gasteiger partial charge in [0.15, 0.2) is 11.5 Å². The number of halogens is 1. The highest BCUT2D eigenvalue weighted by Crippen LogP contribution is 2.37. The maximum atomic E-state index is 13.2. The van der Waals surface area contributed by atoms with Crippen LogP contribution in [0, 0.1) is 0 Å². The van der Waals surface area contributed by atoms with Crippen LogP contribution in [0.3, 0.4) is 0 Å². The molecular weight excluding hydrogens is 418 g/mol. The first-order chi connectivity index (χ1) is 14.9. The number of nitrogens with zero attached hydrogens (tertiary/aromatic N) is 3. The third kappa shape index (κ3) is 3.87. The summed E-state index contributed by atoms with van der Waals surface area (Å²) in [6.45, 7) is 5.95. The summed E-state index contributed by atoms with van der Waals surface area (Å²) in [5.41, 5.74) is 1.52. The zero-order valence-electron chi connectivity index (χ0n) is 17.2. The zero-order chi connectivity index (χ0) is 21.6. The maximum absolute atomic E-state index is 13.2.